The number of rotatable bonds is 4. The largest absolute Gasteiger partial charge is 0.444 e. The van der Waals surface area contributed by atoms with Gasteiger partial charge in [0.2, 0.25) is 5.95 Å². The molecular formula is C21H27N5O4. The third-order valence-electron chi connectivity index (χ3n) is 4.30. The van der Waals surface area contributed by atoms with Crippen LogP contribution in [-0.4, -0.2) is 58.8 Å². The van der Waals surface area contributed by atoms with E-state index in [4.69, 9.17) is 9.47 Å². The fourth-order valence-electron chi connectivity index (χ4n) is 2.82. The summed E-state index contributed by atoms with van der Waals surface area (Å²) in [6.45, 7) is 8.17. The van der Waals surface area contributed by atoms with E-state index in [9.17, 15) is 9.59 Å². The quantitative estimate of drug-likeness (QED) is 0.823. The van der Waals surface area contributed by atoms with Gasteiger partial charge in [-0.2, -0.15) is 0 Å². The molecule has 1 N–H and O–H groups in total. The van der Waals surface area contributed by atoms with Crippen LogP contribution in [-0.2, 0) is 11.3 Å². The molecule has 9 heteroatoms. The van der Waals surface area contributed by atoms with Gasteiger partial charge in [0.15, 0.2) is 0 Å². The van der Waals surface area contributed by atoms with Gasteiger partial charge in [0.1, 0.15) is 11.4 Å². The lowest BCUT2D eigenvalue weighted by Crippen LogP contribution is -2.50. The zero-order valence-electron chi connectivity index (χ0n) is 17.5. The zero-order chi connectivity index (χ0) is 21.6. The molecule has 1 aliphatic heterocycles. The summed E-state index contributed by atoms with van der Waals surface area (Å²) in [5.74, 6) is 1.07. The van der Waals surface area contributed by atoms with Crippen LogP contribution in [0.3, 0.4) is 0 Å². The molecule has 2 aromatic rings. The number of hydrogen-bond acceptors (Lipinski definition) is 7. The second-order valence-electron chi connectivity index (χ2n) is 7.90. The highest BCUT2D eigenvalue weighted by Gasteiger charge is 2.26. The summed E-state index contributed by atoms with van der Waals surface area (Å²) in [6, 6.07) is 8.85. The first kappa shape index (κ1) is 21.4. The lowest BCUT2D eigenvalue weighted by Gasteiger charge is -2.35. The van der Waals surface area contributed by atoms with Gasteiger partial charge in [-0.05, 0) is 32.9 Å². The smallest absolute Gasteiger partial charge is 0.412 e. The van der Waals surface area contributed by atoms with Crippen molar-refractivity contribution in [1.82, 2.24) is 20.2 Å². The van der Waals surface area contributed by atoms with Crippen molar-refractivity contribution in [2.24, 2.45) is 0 Å². The first-order chi connectivity index (χ1) is 14.3. The number of carbonyl (C=O) groups excluding carboxylic acids is 2. The summed E-state index contributed by atoms with van der Waals surface area (Å²) < 4.78 is 10.6. The average Bonchev–Trinajstić information content (AvgIpc) is 2.72. The van der Waals surface area contributed by atoms with E-state index in [1.165, 1.54) is 0 Å². The molecule has 0 atom stereocenters. The van der Waals surface area contributed by atoms with Crippen molar-refractivity contribution in [3.8, 4) is 5.75 Å². The van der Waals surface area contributed by atoms with Gasteiger partial charge >= 0.3 is 12.2 Å². The summed E-state index contributed by atoms with van der Waals surface area (Å²) in [5, 5.41) is 2.67. The second-order valence-corrected chi connectivity index (χ2v) is 7.90. The third kappa shape index (κ3) is 6.33. The molecule has 1 aliphatic rings. The highest BCUT2D eigenvalue weighted by molar-refractivity contribution is 5.70. The van der Waals surface area contributed by atoms with E-state index in [1.54, 1.807) is 41.6 Å². The highest BCUT2D eigenvalue weighted by atomic mass is 16.6. The van der Waals surface area contributed by atoms with Crippen LogP contribution in [0.5, 0.6) is 5.75 Å². The van der Waals surface area contributed by atoms with Gasteiger partial charge in [0.05, 0.1) is 0 Å². The molecule has 30 heavy (non-hydrogen) atoms. The first-order valence-electron chi connectivity index (χ1n) is 9.85. The number of carbonyl (C=O) groups is 2. The minimum atomic E-state index is -0.538. The van der Waals surface area contributed by atoms with Crippen molar-refractivity contribution in [1.29, 1.82) is 0 Å². The fourth-order valence-corrected chi connectivity index (χ4v) is 2.82. The van der Waals surface area contributed by atoms with Crippen LogP contribution < -0.4 is 15.0 Å². The van der Waals surface area contributed by atoms with E-state index < -0.39 is 11.7 Å². The molecule has 2 amide bonds. The third-order valence-corrected chi connectivity index (χ3v) is 4.30. The van der Waals surface area contributed by atoms with Crippen molar-refractivity contribution in [3.63, 3.8) is 0 Å². The van der Waals surface area contributed by atoms with Crippen molar-refractivity contribution >= 4 is 18.1 Å². The van der Waals surface area contributed by atoms with Crippen LogP contribution in [0.1, 0.15) is 26.3 Å². The normalized spacial score (nSPS) is 14.2. The summed E-state index contributed by atoms with van der Waals surface area (Å²) in [7, 11) is 0. The Morgan fingerprint density at radius 2 is 1.67 bits per heavy atom. The molecule has 0 bridgehead atoms. The number of nitrogens with one attached hydrogen (secondary N) is 1. The number of nitrogens with zero attached hydrogens (tertiary/aromatic N) is 4. The molecular weight excluding hydrogens is 386 g/mol. The Morgan fingerprint density at radius 3 is 2.27 bits per heavy atom. The summed E-state index contributed by atoms with van der Waals surface area (Å²) in [6.07, 6.45) is 2.51. The Morgan fingerprint density at radius 1 is 1.03 bits per heavy atom. The topological polar surface area (TPSA) is 96.9 Å². The molecule has 0 aliphatic carbocycles. The average molecular weight is 413 g/mol. The van der Waals surface area contributed by atoms with Crippen molar-refractivity contribution < 1.29 is 19.1 Å². The molecule has 0 unspecified atom stereocenters. The van der Waals surface area contributed by atoms with Crippen molar-refractivity contribution in [2.75, 3.05) is 31.1 Å². The lowest BCUT2D eigenvalue weighted by atomic mass is 10.2. The maximum atomic E-state index is 12.2. The zero-order valence-corrected chi connectivity index (χ0v) is 17.5. The van der Waals surface area contributed by atoms with Crippen LogP contribution in [0, 0.1) is 0 Å². The maximum absolute atomic E-state index is 12.2. The molecule has 3 rings (SSSR count). The first-order valence-corrected chi connectivity index (χ1v) is 9.85. The second kappa shape index (κ2) is 9.43. The number of benzene rings is 1. The van der Waals surface area contributed by atoms with E-state index >= 15 is 0 Å². The minimum Gasteiger partial charge on any atom is -0.444 e. The van der Waals surface area contributed by atoms with E-state index in [1.807, 2.05) is 31.7 Å². The number of para-hydroxylation sites is 1. The number of anilines is 1. The van der Waals surface area contributed by atoms with Crippen molar-refractivity contribution in [2.45, 2.75) is 32.9 Å². The summed E-state index contributed by atoms with van der Waals surface area (Å²) >= 11 is 0. The molecule has 0 spiro atoms. The van der Waals surface area contributed by atoms with E-state index in [-0.39, 0.29) is 12.6 Å². The van der Waals surface area contributed by atoms with E-state index in [0.29, 0.717) is 37.9 Å². The Hall–Kier alpha value is -3.36. The Bertz CT molecular complexity index is 844. The number of ether oxygens (including phenoxy) is 2. The molecule has 1 aromatic carbocycles. The van der Waals surface area contributed by atoms with Gasteiger partial charge < -0.3 is 24.6 Å². The van der Waals surface area contributed by atoms with Crippen LogP contribution in [0.25, 0.3) is 0 Å². The lowest BCUT2D eigenvalue weighted by molar-refractivity contribution is 0.0240. The van der Waals surface area contributed by atoms with E-state index in [0.717, 1.165) is 5.56 Å². The van der Waals surface area contributed by atoms with E-state index in [2.05, 4.69) is 15.3 Å². The van der Waals surface area contributed by atoms with Gasteiger partial charge in [-0.15, -0.1) is 0 Å². The molecule has 1 saturated heterocycles. The number of aromatic nitrogens is 2. The monoisotopic (exact) mass is 413 g/mol. The Labute approximate surface area is 176 Å². The molecule has 2 heterocycles. The van der Waals surface area contributed by atoms with Crippen molar-refractivity contribution in [3.05, 3.63) is 48.3 Å². The minimum absolute atomic E-state index is 0.262. The predicted octanol–water partition coefficient (Wildman–Crippen LogP) is 2.82. The SMILES string of the molecule is CC(C)(C)OC(=O)N1CCN(c2ncc(CNC(=O)Oc3ccccc3)cn2)CC1. The molecule has 9 nitrogen and oxygen atoms in total. The van der Waals surface area contributed by atoms with Crippen LogP contribution in [0.4, 0.5) is 15.5 Å². The number of hydrogen-bond donors (Lipinski definition) is 1. The van der Waals surface area contributed by atoms with Gasteiger partial charge in [-0.1, -0.05) is 18.2 Å². The van der Waals surface area contributed by atoms with Gasteiger partial charge in [0.25, 0.3) is 0 Å². The van der Waals surface area contributed by atoms with Crippen LogP contribution in [0.2, 0.25) is 0 Å². The maximum Gasteiger partial charge on any atom is 0.412 e. The summed E-state index contributed by atoms with van der Waals surface area (Å²) in [4.78, 5) is 36.5. The van der Waals surface area contributed by atoms with Gasteiger partial charge in [0, 0.05) is 50.7 Å². The number of piperazine rings is 1. The van der Waals surface area contributed by atoms with Crippen LogP contribution in [0.15, 0.2) is 42.7 Å². The summed E-state index contributed by atoms with van der Waals surface area (Å²) in [5.41, 5.74) is 0.255. The molecule has 0 radical (unpaired) electrons. The molecule has 1 aromatic heterocycles. The van der Waals surface area contributed by atoms with Crippen LogP contribution >= 0.6 is 0 Å². The molecule has 0 saturated carbocycles. The standard InChI is InChI=1S/C21H27N5O4/c1-21(2,3)30-20(28)26-11-9-25(10-12-26)18-22-13-16(14-23-18)15-24-19(27)29-17-7-5-4-6-8-17/h4-8,13-14H,9-12,15H2,1-3H3,(H,24,27). The molecule has 160 valence electrons. The Kier molecular flexibility index (Phi) is 6.71. The highest BCUT2D eigenvalue weighted by Crippen LogP contribution is 2.15. The fraction of sp³-hybridized carbons (Fsp3) is 0.429. The number of amides is 2. The molecule has 1 fully saturated rings. The Balaban J connectivity index is 1.44. The van der Waals surface area contributed by atoms with Gasteiger partial charge in [-0.25, -0.2) is 19.6 Å². The van der Waals surface area contributed by atoms with Gasteiger partial charge in [-0.3, -0.25) is 0 Å². The predicted molar refractivity (Wildman–Crippen MR) is 111 cm³/mol.